The summed E-state index contributed by atoms with van der Waals surface area (Å²) in [6.45, 7) is 11.4. The molecule has 1 aromatic rings. The average molecular weight is 499 g/mol. The van der Waals surface area contributed by atoms with Gasteiger partial charge in [0, 0.05) is 19.1 Å². The van der Waals surface area contributed by atoms with Gasteiger partial charge in [0.1, 0.15) is 12.2 Å². The topological polar surface area (TPSA) is 66.5 Å². The van der Waals surface area contributed by atoms with Gasteiger partial charge in [0.05, 0.1) is 25.4 Å². The number of esters is 1. The van der Waals surface area contributed by atoms with Gasteiger partial charge in [-0.3, -0.25) is 0 Å². The van der Waals surface area contributed by atoms with Crippen molar-refractivity contribution in [2.24, 2.45) is 17.3 Å². The predicted molar refractivity (Wildman–Crippen MR) is 140 cm³/mol. The Morgan fingerprint density at radius 3 is 2.58 bits per heavy atom. The van der Waals surface area contributed by atoms with Gasteiger partial charge in [0.25, 0.3) is 0 Å². The maximum absolute atomic E-state index is 12.9. The molecule has 6 atom stereocenters. The molecular weight excluding hydrogens is 456 g/mol. The van der Waals surface area contributed by atoms with E-state index in [1.807, 2.05) is 32.0 Å². The number of benzene rings is 1. The molecule has 1 spiro atoms. The molecule has 0 amide bonds. The summed E-state index contributed by atoms with van der Waals surface area (Å²) < 4.78 is 29.3. The molecule has 2 saturated carbocycles. The zero-order valence-corrected chi connectivity index (χ0v) is 22.8. The summed E-state index contributed by atoms with van der Waals surface area (Å²) in [6, 6.07) is 5.59. The van der Waals surface area contributed by atoms with Gasteiger partial charge in [0.2, 0.25) is 0 Å². The molecule has 3 fully saturated rings. The zero-order valence-electron chi connectivity index (χ0n) is 22.8. The van der Waals surface area contributed by atoms with E-state index in [9.17, 15) is 4.79 Å². The Morgan fingerprint density at radius 1 is 1.22 bits per heavy atom. The summed E-state index contributed by atoms with van der Waals surface area (Å²) in [7, 11) is 3.35. The van der Waals surface area contributed by atoms with Crippen LogP contribution in [0, 0.1) is 17.3 Å². The molecule has 6 heteroatoms. The van der Waals surface area contributed by atoms with Crippen molar-refractivity contribution >= 4 is 12.0 Å². The first-order valence-electron chi connectivity index (χ1n) is 13.2. The fraction of sp³-hybridized carbons (Fsp3) is 0.633. The first kappa shape index (κ1) is 26.7. The zero-order chi connectivity index (χ0) is 26.1. The van der Waals surface area contributed by atoms with Crippen molar-refractivity contribution in [3.8, 4) is 11.5 Å². The lowest BCUT2D eigenvalue weighted by Gasteiger charge is -2.44. The number of carbonyl (C=O) groups excluding carboxylic acids is 1. The minimum Gasteiger partial charge on any atom is -0.493 e. The van der Waals surface area contributed by atoms with Crippen LogP contribution in [0.5, 0.6) is 11.5 Å². The maximum atomic E-state index is 12.9. The van der Waals surface area contributed by atoms with Crippen LogP contribution in [0.1, 0.15) is 65.9 Å². The second kappa shape index (κ2) is 10.6. The highest BCUT2D eigenvalue weighted by Crippen LogP contribution is 2.68. The lowest BCUT2D eigenvalue weighted by atomic mass is 9.67. The fourth-order valence-electron chi connectivity index (χ4n) is 6.11. The van der Waals surface area contributed by atoms with Crippen LogP contribution in [0.3, 0.4) is 0 Å². The van der Waals surface area contributed by atoms with Crippen molar-refractivity contribution in [3.05, 3.63) is 41.5 Å². The van der Waals surface area contributed by atoms with E-state index in [1.54, 1.807) is 20.3 Å². The number of epoxide rings is 1. The number of ether oxygens (including phenoxy) is 5. The van der Waals surface area contributed by atoms with Crippen molar-refractivity contribution in [2.45, 2.75) is 84.2 Å². The van der Waals surface area contributed by atoms with Gasteiger partial charge in [0.15, 0.2) is 11.5 Å². The maximum Gasteiger partial charge on any atom is 0.331 e. The monoisotopic (exact) mass is 498 g/mol. The van der Waals surface area contributed by atoms with E-state index in [4.69, 9.17) is 23.7 Å². The van der Waals surface area contributed by atoms with Crippen LogP contribution in [0.25, 0.3) is 6.08 Å². The van der Waals surface area contributed by atoms with Gasteiger partial charge in [-0.1, -0.05) is 24.6 Å². The SMILES string of the molecule is COc1ccc(/C=C/C(=O)O[C@@H]2CC[C@]3(CO3)C([C@]3(C)CC3CC=C(C)C)[C@@H]2OC)cc1OC(C)C. The van der Waals surface area contributed by atoms with E-state index in [2.05, 4.69) is 26.8 Å². The summed E-state index contributed by atoms with van der Waals surface area (Å²) in [4.78, 5) is 12.9. The third-order valence-corrected chi connectivity index (χ3v) is 8.11. The second-order valence-electron chi connectivity index (χ2n) is 11.4. The summed E-state index contributed by atoms with van der Waals surface area (Å²) in [5.74, 6) is 1.78. The van der Waals surface area contributed by atoms with Gasteiger partial charge in [-0.15, -0.1) is 0 Å². The van der Waals surface area contributed by atoms with E-state index in [-0.39, 0.29) is 41.2 Å². The summed E-state index contributed by atoms with van der Waals surface area (Å²) in [6.07, 6.45) is 9.01. The van der Waals surface area contributed by atoms with Crippen LogP contribution in [-0.4, -0.2) is 50.7 Å². The van der Waals surface area contributed by atoms with Gasteiger partial charge in [-0.25, -0.2) is 4.79 Å². The Hall–Kier alpha value is -2.31. The molecule has 1 heterocycles. The lowest BCUT2D eigenvalue weighted by molar-refractivity contribution is -0.167. The smallest absolute Gasteiger partial charge is 0.331 e. The molecule has 0 N–H and O–H groups in total. The molecule has 1 aromatic carbocycles. The van der Waals surface area contributed by atoms with Crippen LogP contribution in [0.4, 0.5) is 0 Å². The van der Waals surface area contributed by atoms with Crippen LogP contribution in [-0.2, 0) is 19.0 Å². The minimum absolute atomic E-state index is 0.0157. The normalized spacial score (nSPS) is 33.0. The van der Waals surface area contributed by atoms with E-state index < -0.39 is 0 Å². The number of allylic oxidation sites excluding steroid dienone is 2. The molecule has 4 rings (SSSR count). The third-order valence-electron chi connectivity index (χ3n) is 8.11. The Balaban J connectivity index is 1.44. The van der Waals surface area contributed by atoms with Gasteiger partial charge >= 0.3 is 5.97 Å². The van der Waals surface area contributed by atoms with Gasteiger partial charge in [-0.05, 0) is 88.5 Å². The molecule has 0 radical (unpaired) electrons. The molecular formula is C30H42O6. The Bertz CT molecular complexity index is 1000. The standard InChI is InChI=1S/C30H42O6/c1-19(2)8-11-22-17-29(22,5)28-27(33-7)24(14-15-30(28)18-34-30)36-26(31)13-10-21-9-12-23(32-6)25(16-21)35-20(3)4/h8-10,12-13,16,20,22,24,27-28H,11,14-15,17-18H2,1-7H3/b13-10+/t22?,24-,27-,28?,29-,30+/m1/s1. The molecule has 1 aliphatic heterocycles. The molecule has 2 aliphatic carbocycles. The highest BCUT2D eigenvalue weighted by molar-refractivity contribution is 5.87. The number of methoxy groups -OCH3 is 2. The van der Waals surface area contributed by atoms with Gasteiger partial charge < -0.3 is 23.7 Å². The molecule has 198 valence electrons. The quantitative estimate of drug-likeness (QED) is 0.171. The number of carbonyl (C=O) groups is 1. The van der Waals surface area contributed by atoms with E-state index >= 15 is 0 Å². The minimum atomic E-state index is -0.363. The number of rotatable bonds is 10. The van der Waals surface area contributed by atoms with Gasteiger partial charge in [-0.2, -0.15) is 0 Å². The molecule has 0 aromatic heterocycles. The average Bonchev–Trinajstić information content (AvgIpc) is 3.74. The first-order chi connectivity index (χ1) is 17.1. The van der Waals surface area contributed by atoms with Crippen molar-refractivity contribution in [1.29, 1.82) is 0 Å². The Labute approximate surface area is 216 Å². The highest BCUT2D eigenvalue weighted by atomic mass is 16.6. The molecule has 36 heavy (non-hydrogen) atoms. The second-order valence-corrected chi connectivity index (χ2v) is 11.4. The summed E-state index contributed by atoms with van der Waals surface area (Å²) in [5, 5.41) is 0. The molecule has 6 nitrogen and oxygen atoms in total. The van der Waals surface area contributed by atoms with Crippen molar-refractivity contribution in [3.63, 3.8) is 0 Å². The summed E-state index contributed by atoms with van der Waals surface area (Å²) >= 11 is 0. The lowest BCUT2D eigenvalue weighted by Crippen LogP contribution is -2.53. The molecule has 1 saturated heterocycles. The number of hydrogen-bond acceptors (Lipinski definition) is 6. The van der Waals surface area contributed by atoms with Crippen LogP contribution in [0.15, 0.2) is 35.9 Å². The Kier molecular flexibility index (Phi) is 7.86. The highest BCUT2D eigenvalue weighted by Gasteiger charge is 2.70. The molecule has 3 aliphatic rings. The molecule has 2 unspecified atom stereocenters. The van der Waals surface area contributed by atoms with Crippen LogP contribution in [0.2, 0.25) is 0 Å². The Morgan fingerprint density at radius 2 is 1.97 bits per heavy atom. The van der Waals surface area contributed by atoms with E-state index in [1.165, 1.54) is 11.6 Å². The fourth-order valence-corrected chi connectivity index (χ4v) is 6.11. The molecule has 0 bridgehead atoms. The van der Waals surface area contributed by atoms with E-state index in [0.29, 0.717) is 17.4 Å². The van der Waals surface area contributed by atoms with Crippen molar-refractivity contribution in [2.75, 3.05) is 20.8 Å². The van der Waals surface area contributed by atoms with E-state index in [0.717, 1.165) is 37.9 Å². The predicted octanol–water partition coefficient (Wildman–Crippen LogP) is 5.98. The van der Waals surface area contributed by atoms with Crippen LogP contribution < -0.4 is 9.47 Å². The van der Waals surface area contributed by atoms with Crippen molar-refractivity contribution < 1.29 is 28.5 Å². The van der Waals surface area contributed by atoms with Crippen LogP contribution >= 0.6 is 0 Å². The van der Waals surface area contributed by atoms with Crippen molar-refractivity contribution in [1.82, 2.24) is 0 Å². The third kappa shape index (κ3) is 5.65. The largest absolute Gasteiger partial charge is 0.493 e. The first-order valence-corrected chi connectivity index (χ1v) is 13.2. The summed E-state index contributed by atoms with van der Waals surface area (Å²) in [5.41, 5.74) is 2.21. The number of hydrogen-bond donors (Lipinski definition) is 0.